The van der Waals surface area contributed by atoms with Crippen LogP contribution in [0.25, 0.3) is 0 Å². The number of carbonyl (C=O) groups excluding carboxylic acids is 1. The second kappa shape index (κ2) is 7.12. The average molecular weight is 330 g/mol. The summed E-state index contributed by atoms with van der Waals surface area (Å²) < 4.78 is 7.08. The maximum absolute atomic E-state index is 12.0. The minimum Gasteiger partial charge on any atom is -0.490 e. The molecule has 8 heteroatoms. The molecule has 0 atom stereocenters. The lowest BCUT2D eigenvalue weighted by Gasteiger charge is -2.14. The van der Waals surface area contributed by atoms with Crippen LogP contribution in [0.2, 0.25) is 0 Å². The van der Waals surface area contributed by atoms with Crippen molar-refractivity contribution in [2.24, 2.45) is 0 Å². The molecule has 0 saturated heterocycles. The van der Waals surface area contributed by atoms with E-state index >= 15 is 0 Å². The van der Waals surface area contributed by atoms with Crippen molar-refractivity contribution >= 4 is 17.6 Å². The van der Waals surface area contributed by atoms with E-state index in [1.54, 1.807) is 12.1 Å². The quantitative estimate of drug-likeness (QED) is 0.838. The van der Waals surface area contributed by atoms with Crippen LogP contribution in [0.15, 0.2) is 30.5 Å². The Balaban J connectivity index is 1.58. The monoisotopic (exact) mass is 330 g/mol. The first-order valence-corrected chi connectivity index (χ1v) is 7.80. The van der Waals surface area contributed by atoms with E-state index in [1.807, 2.05) is 12.1 Å². The van der Waals surface area contributed by atoms with E-state index in [9.17, 15) is 9.59 Å². The van der Waals surface area contributed by atoms with E-state index in [4.69, 9.17) is 9.84 Å². The molecule has 3 rings (SSSR count). The zero-order chi connectivity index (χ0) is 16.9. The lowest BCUT2D eigenvalue weighted by molar-refractivity contribution is -0.116. The predicted octanol–water partition coefficient (Wildman–Crippen LogP) is 1.94. The molecular formula is C16H18N4O4. The minimum atomic E-state index is -1.18. The fourth-order valence-corrected chi connectivity index (χ4v) is 2.67. The van der Waals surface area contributed by atoms with Crippen LogP contribution in [0, 0.1) is 0 Å². The maximum atomic E-state index is 12.0. The molecule has 2 aromatic rings. The zero-order valence-electron chi connectivity index (χ0n) is 13.0. The number of aromatic carboxylic acids is 1. The van der Waals surface area contributed by atoms with Gasteiger partial charge in [0, 0.05) is 11.8 Å². The number of carboxylic acids is 1. The molecule has 126 valence electrons. The maximum Gasteiger partial charge on any atom is 0.358 e. The fourth-order valence-electron chi connectivity index (χ4n) is 2.67. The van der Waals surface area contributed by atoms with Crippen molar-refractivity contribution in [2.75, 3.05) is 5.32 Å². The number of hydrogen-bond acceptors (Lipinski definition) is 5. The summed E-state index contributed by atoms with van der Waals surface area (Å²) in [5, 5.41) is 18.6. The molecule has 1 fully saturated rings. The molecule has 0 aliphatic heterocycles. The zero-order valence-corrected chi connectivity index (χ0v) is 13.0. The van der Waals surface area contributed by atoms with Gasteiger partial charge < -0.3 is 15.2 Å². The molecule has 1 saturated carbocycles. The summed E-state index contributed by atoms with van der Waals surface area (Å²) in [6.45, 7) is -0.117. The summed E-state index contributed by atoms with van der Waals surface area (Å²) in [5.41, 5.74) is 0.420. The van der Waals surface area contributed by atoms with Gasteiger partial charge >= 0.3 is 5.97 Å². The Hall–Kier alpha value is -2.90. The predicted molar refractivity (Wildman–Crippen MR) is 84.9 cm³/mol. The van der Waals surface area contributed by atoms with E-state index < -0.39 is 5.97 Å². The van der Waals surface area contributed by atoms with Crippen molar-refractivity contribution in [3.8, 4) is 5.75 Å². The van der Waals surface area contributed by atoms with Gasteiger partial charge in [0.05, 0.1) is 12.3 Å². The average Bonchev–Trinajstić information content (AvgIpc) is 3.19. The second-order valence-electron chi connectivity index (χ2n) is 5.71. The fraction of sp³-hybridized carbons (Fsp3) is 0.375. The van der Waals surface area contributed by atoms with Gasteiger partial charge in [-0.3, -0.25) is 4.79 Å². The number of rotatable bonds is 6. The number of carbonyl (C=O) groups is 2. The molecular weight excluding hydrogens is 312 g/mol. The van der Waals surface area contributed by atoms with Gasteiger partial charge in [-0.1, -0.05) is 11.3 Å². The summed E-state index contributed by atoms with van der Waals surface area (Å²) >= 11 is 0. The van der Waals surface area contributed by atoms with E-state index in [-0.39, 0.29) is 24.2 Å². The van der Waals surface area contributed by atoms with Crippen molar-refractivity contribution in [3.05, 3.63) is 36.2 Å². The minimum absolute atomic E-state index is 0.117. The summed E-state index contributed by atoms with van der Waals surface area (Å²) in [6, 6.07) is 7.23. The molecule has 1 amide bonds. The van der Waals surface area contributed by atoms with Crippen LogP contribution in [-0.2, 0) is 11.3 Å². The lowest BCUT2D eigenvalue weighted by Crippen LogP contribution is -2.19. The third-order valence-electron chi connectivity index (χ3n) is 3.79. The summed E-state index contributed by atoms with van der Waals surface area (Å²) in [5.74, 6) is -0.776. The van der Waals surface area contributed by atoms with Gasteiger partial charge in [0.2, 0.25) is 5.91 Å². The normalized spacial score (nSPS) is 14.5. The topological polar surface area (TPSA) is 106 Å². The number of anilines is 1. The van der Waals surface area contributed by atoms with Crippen LogP contribution in [0.3, 0.4) is 0 Å². The van der Waals surface area contributed by atoms with Gasteiger partial charge in [-0.2, -0.15) is 0 Å². The number of carboxylic acid groups (broad SMARTS) is 1. The number of ether oxygens (including phenoxy) is 1. The molecule has 1 aromatic heterocycles. The van der Waals surface area contributed by atoms with Crippen molar-refractivity contribution in [3.63, 3.8) is 0 Å². The molecule has 1 aliphatic rings. The lowest BCUT2D eigenvalue weighted by atomic mass is 10.2. The van der Waals surface area contributed by atoms with Crippen LogP contribution < -0.4 is 10.1 Å². The molecule has 24 heavy (non-hydrogen) atoms. The van der Waals surface area contributed by atoms with Crippen molar-refractivity contribution in [1.82, 2.24) is 15.0 Å². The summed E-state index contributed by atoms with van der Waals surface area (Å²) in [4.78, 5) is 22.8. The third-order valence-corrected chi connectivity index (χ3v) is 3.79. The number of nitrogens with one attached hydrogen (secondary N) is 1. The molecule has 1 heterocycles. The standard InChI is InChI=1S/C16H18N4O4/c21-15(10-20-9-14(16(22)23)18-19-20)17-11-4-3-7-13(8-11)24-12-5-1-2-6-12/h3-4,7-9,12H,1-2,5-6,10H2,(H,17,21)(H,22,23). The Morgan fingerprint density at radius 1 is 1.33 bits per heavy atom. The number of aromatic nitrogens is 3. The number of benzene rings is 1. The third kappa shape index (κ3) is 4.09. The Morgan fingerprint density at radius 3 is 2.83 bits per heavy atom. The molecule has 0 radical (unpaired) electrons. The first-order chi connectivity index (χ1) is 11.6. The SMILES string of the molecule is O=C(Cn1cc(C(=O)O)nn1)Nc1cccc(OC2CCCC2)c1. The highest BCUT2D eigenvalue weighted by Crippen LogP contribution is 2.25. The molecule has 0 unspecified atom stereocenters. The van der Waals surface area contributed by atoms with E-state index in [2.05, 4.69) is 15.6 Å². The molecule has 1 aromatic carbocycles. The van der Waals surface area contributed by atoms with Gasteiger partial charge in [0.25, 0.3) is 0 Å². The van der Waals surface area contributed by atoms with Crippen LogP contribution >= 0.6 is 0 Å². The first kappa shape index (κ1) is 16.0. The highest BCUT2D eigenvalue weighted by Gasteiger charge is 2.16. The highest BCUT2D eigenvalue weighted by molar-refractivity contribution is 5.91. The van der Waals surface area contributed by atoms with Gasteiger partial charge in [-0.15, -0.1) is 5.10 Å². The van der Waals surface area contributed by atoms with Gasteiger partial charge in [-0.25, -0.2) is 9.48 Å². The van der Waals surface area contributed by atoms with Gasteiger partial charge in [0.15, 0.2) is 5.69 Å². The van der Waals surface area contributed by atoms with Crippen molar-refractivity contribution in [2.45, 2.75) is 38.3 Å². The first-order valence-electron chi connectivity index (χ1n) is 7.80. The molecule has 8 nitrogen and oxygen atoms in total. The number of amides is 1. The molecule has 0 bridgehead atoms. The summed E-state index contributed by atoms with van der Waals surface area (Å²) in [6.07, 6.45) is 5.97. The second-order valence-corrected chi connectivity index (χ2v) is 5.71. The highest BCUT2D eigenvalue weighted by atomic mass is 16.5. The van der Waals surface area contributed by atoms with Crippen molar-refractivity contribution < 1.29 is 19.4 Å². The van der Waals surface area contributed by atoms with E-state index in [0.29, 0.717) is 5.69 Å². The van der Waals surface area contributed by atoms with Crippen LogP contribution in [-0.4, -0.2) is 38.1 Å². The summed E-state index contributed by atoms with van der Waals surface area (Å²) in [7, 11) is 0. The largest absolute Gasteiger partial charge is 0.490 e. The molecule has 0 spiro atoms. The van der Waals surface area contributed by atoms with Gasteiger partial charge in [0.1, 0.15) is 12.3 Å². The smallest absolute Gasteiger partial charge is 0.358 e. The van der Waals surface area contributed by atoms with Crippen LogP contribution in [0.5, 0.6) is 5.75 Å². The van der Waals surface area contributed by atoms with E-state index in [1.165, 1.54) is 23.7 Å². The Bertz CT molecular complexity index is 737. The van der Waals surface area contributed by atoms with Crippen LogP contribution in [0.1, 0.15) is 36.2 Å². The molecule has 2 N–H and O–H groups in total. The van der Waals surface area contributed by atoms with Gasteiger partial charge in [-0.05, 0) is 37.8 Å². The Kier molecular flexibility index (Phi) is 4.74. The van der Waals surface area contributed by atoms with Crippen LogP contribution in [0.4, 0.5) is 5.69 Å². The van der Waals surface area contributed by atoms with Crippen molar-refractivity contribution in [1.29, 1.82) is 0 Å². The number of hydrogen-bond donors (Lipinski definition) is 2. The molecule has 1 aliphatic carbocycles. The Morgan fingerprint density at radius 2 is 2.12 bits per heavy atom. The van der Waals surface area contributed by atoms with E-state index in [0.717, 1.165) is 18.6 Å². The Labute approximate surface area is 138 Å². The number of nitrogens with zero attached hydrogens (tertiary/aromatic N) is 3.